The van der Waals surface area contributed by atoms with Crippen molar-refractivity contribution in [3.8, 4) is 0 Å². The van der Waals surface area contributed by atoms with E-state index >= 15 is 0 Å². The van der Waals surface area contributed by atoms with Crippen LogP contribution in [-0.2, 0) is 35.7 Å². The Hall–Kier alpha value is -4.73. The second-order valence-electron chi connectivity index (χ2n) is 13.4. The van der Waals surface area contributed by atoms with Gasteiger partial charge in [-0.05, 0) is 98.2 Å². The van der Waals surface area contributed by atoms with Gasteiger partial charge in [-0.3, -0.25) is 19.4 Å². The Morgan fingerprint density at radius 2 is 1.52 bits per heavy atom. The molecule has 0 radical (unpaired) electrons. The lowest BCUT2D eigenvalue weighted by Crippen LogP contribution is -2.34. The minimum atomic E-state index is -0.533. The monoisotopic (exact) mass is 653 g/mol. The highest BCUT2D eigenvalue weighted by Crippen LogP contribution is 2.47. The summed E-state index contributed by atoms with van der Waals surface area (Å²) >= 11 is 0. The van der Waals surface area contributed by atoms with Gasteiger partial charge in [-0.15, -0.1) is 0 Å². The number of amides is 1. The molecule has 0 fully saturated rings. The molecule has 1 amide bonds. The van der Waals surface area contributed by atoms with Gasteiger partial charge < -0.3 is 24.3 Å². The predicted molar refractivity (Wildman–Crippen MR) is 188 cm³/mol. The van der Waals surface area contributed by atoms with Gasteiger partial charge >= 0.3 is 11.9 Å². The van der Waals surface area contributed by atoms with Crippen molar-refractivity contribution in [2.75, 3.05) is 28.3 Å². The van der Waals surface area contributed by atoms with Crippen molar-refractivity contribution in [2.45, 2.75) is 84.5 Å². The molecule has 0 spiro atoms. The summed E-state index contributed by atoms with van der Waals surface area (Å²) in [7, 11) is 6.38. The first-order valence-corrected chi connectivity index (χ1v) is 16.6. The van der Waals surface area contributed by atoms with E-state index < -0.39 is 5.41 Å². The number of ether oxygens (including phenoxy) is 2. The molecular formula is C38H47N5O5. The van der Waals surface area contributed by atoms with Gasteiger partial charge in [-0.25, -0.2) is 4.98 Å². The second kappa shape index (κ2) is 13.8. The van der Waals surface area contributed by atoms with Gasteiger partial charge in [0, 0.05) is 78.1 Å². The number of nitrogens with zero attached hydrogens (tertiary/aromatic N) is 3. The summed E-state index contributed by atoms with van der Waals surface area (Å²) in [6.45, 7) is 10.4. The van der Waals surface area contributed by atoms with Crippen molar-refractivity contribution >= 4 is 51.1 Å². The molecule has 2 atom stereocenters. The lowest BCUT2D eigenvalue weighted by Gasteiger charge is -2.31. The Bertz CT molecular complexity index is 1970. The molecule has 5 rings (SSSR count). The fourth-order valence-electron chi connectivity index (χ4n) is 7.05. The van der Waals surface area contributed by atoms with Crippen molar-refractivity contribution in [3.63, 3.8) is 0 Å². The average Bonchev–Trinajstić information content (AvgIpc) is 3.71. The minimum absolute atomic E-state index is 0.00877. The molecule has 254 valence electrons. The van der Waals surface area contributed by atoms with Crippen LogP contribution >= 0.6 is 0 Å². The standard InChI is InChI=1S/C38H47N5O5/c1-10-27-33-18-30-23(4)26(12-14-37(46)48-9)32(41-30)19-31-25(11-13-36(45)47-8)22(3)29(40-31)17-28-21(2)15-24(39-28)16-34(42-33)38(27,5)20-35(44)43(6)7/h15-19,27,39,41H,10-14,20H2,1-9H3. The average molecular weight is 654 g/mol. The number of esters is 2. The van der Waals surface area contributed by atoms with E-state index in [1.54, 1.807) is 19.0 Å². The molecule has 8 bridgehead atoms. The van der Waals surface area contributed by atoms with Crippen LogP contribution < -0.4 is 0 Å². The van der Waals surface area contributed by atoms with Crippen LogP contribution in [0.1, 0.15) is 98.3 Å². The highest BCUT2D eigenvalue weighted by molar-refractivity contribution is 5.94. The lowest BCUT2D eigenvalue weighted by atomic mass is 9.71. The summed E-state index contributed by atoms with van der Waals surface area (Å²) in [4.78, 5) is 56.9. The fraction of sp³-hybridized carbons (Fsp3) is 0.447. The topological polar surface area (TPSA) is 130 Å². The van der Waals surface area contributed by atoms with Gasteiger partial charge in [0.15, 0.2) is 0 Å². The van der Waals surface area contributed by atoms with E-state index in [0.717, 1.165) is 79.1 Å². The van der Waals surface area contributed by atoms with Gasteiger partial charge in [-0.1, -0.05) is 13.8 Å². The summed E-state index contributed by atoms with van der Waals surface area (Å²) < 4.78 is 9.93. The molecule has 0 aliphatic carbocycles. The molecule has 2 N–H and O–H groups in total. The summed E-state index contributed by atoms with van der Waals surface area (Å²) in [6.07, 6.45) is 2.52. The van der Waals surface area contributed by atoms with Crippen LogP contribution in [0, 0.1) is 13.8 Å². The molecule has 10 nitrogen and oxygen atoms in total. The number of methoxy groups -OCH3 is 2. The number of hydrogen-bond acceptors (Lipinski definition) is 7. The zero-order valence-electron chi connectivity index (χ0n) is 29.6. The van der Waals surface area contributed by atoms with Gasteiger partial charge in [0.1, 0.15) is 0 Å². The van der Waals surface area contributed by atoms with Crippen molar-refractivity contribution < 1.29 is 23.9 Å². The van der Waals surface area contributed by atoms with E-state index in [4.69, 9.17) is 19.4 Å². The number of hydrogen-bond donors (Lipinski definition) is 2. The van der Waals surface area contributed by atoms with Crippen LogP contribution in [0.5, 0.6) is 0 Å². The molecule has 10 heteroatoms. The molecule has 48 heavy (non-hydrogen) atoms. The third-order valence-electron chi connectivity index (χ3n) is 10.1. The summed E-state index contributed by atoms with van der Waals surface area (Å²) in [5.41, 5.74) is 11.3. The highest BCUT2D eigenvalue weighted by atomic mass is 16.5. The number of aromatic nitrogens is 4. The zero-order valence-corrected chi connectivity index (χ0v) is 29.6. The molecule has 0 saturated carbocycles. The maximum Gasteiger partial charge on any atom is 0.305 e. The van der Waals surface area contributed by atoms with Crippen molar-refractivity contribution in [2.24, 2.45) is 0 Å². The van der Waals surface area contributed by atoms with E-state index in [2.05, 4.69) is 48.9 Å². The number of carbonyl (C=O) groups is 3. The lowest BCUT2D eigenvalue weighted by molar-refractivity contribution is -0.141. The number of aromatic amines is 2. The maximum absolute atomic E-state index is 13.2. The quantitative estimate of drug-likeness (QED) is 0.242. The Morgan fingerprint density at radius 3 is 2.17 bits per heavy atom. The second-order valence-corrected chi connectivity index (χ2v) is 13.4. The van der Waals surface area contributed by atoms with Crippen LogP contribution in [0.2, 0.25) is 0 Å². The third-order valence-corrected chi connectivity index (χ3v) is 10.1. The Kier molecular flexibility index (Phi) is 9.94. The summed E-state index contributed by atoms with van der Waals surface area (Å²) in [6, 6.07) is 10.3. The number of aryl methyl sites for hydroxylation is 3. The van der Waals surface area contributed by atoms with Crippen LogP contribution in [0.25, 0.3) is 33.2 Å². The smallest absolute Gasteiger partial charge is 0.305 e. The zero-order chi connectivity index (χ0) is 34.9. The van der Waals surface area contributed by atoms with Crippen molar-refractivity contribution in [1.29, 1.82) is 0 Å². The van der Waals surface area contributed by atoms with Crippen LogP contribution in [0.4, 0.5) is 0 Å². The van der Waals surface area contributed by atoms with Crippen molar-refractivity contribution in [1.82, 2.24) is 24.8 Å². The summed E-state index contributed by atoms with van der Waals surface area (Å²) in [5, 5.41) is 0. The van der Waals surface area contributed by atoms with Gasteiger partial charge in [0.25, 0.3) is 0 Å². The molecule has 5 heterocycles. The van der Waals surface area contributed by atoms with Crippen molar-refractivity contribution in [3.05, 3.63) is 69.8 Å². The first kappa shape index (κ1) is 34.6. The Morgan fingerprint density at radius 1 is 0.854 bits per heavy atom. The van der Waals surface area contributed by atoms with Gasteiger partial charge in [-0.2, -0.15) is 0 Å². The van der Waals surface area contributed by atoms with E-state index in [1.165, 1.54) is 14.2 Å². The van der Waals surface area contributed by atoms with Crippen LogP contribution in [0.3, 0.4) is 0 Å². The maximum atomic E-state index is 13.2. The molecule has 3 aromatic heterocycles. The molecule has 0 aromatic carbocycles. The highest BCUT2D eigenvalue weighted by Gasteiger charge is 2.44. The molecule has 3 aromatic rings. The molecular weight excluding hydrogens is 606 g/mol. The fourth-order valence-corrected chi connectivity index (χ4v) is 7.05. The Labute approximate surface area is 282 Å². The largest absolute Gasteiger partial charge is 0.469 e. The van der Waals surface area contributed by atoms with E-state index in [9.17, 15) is 14.4 Å². The molecule has 2 aliphatic rings. The minimum Gasteiger partial charge on any atom is -0.469 e. The van der Waals surface area contributed by atoms with Gasteiger partial charge in [0.2, 0.25) is 5.91 Å². The first-order chi connectivity index (χ1) is 22.8. The third kappa shape index (κ3) is 6.66. The number of rotatable bonds is 9. The first-order valence-electron chi connectivity index (χ1n) is 16.6. The van der Waals surface area contributed by atoms with Crippen LogP contribution in [-0.4, -0.2) is 71.0 Å². The van der Waals surface area contributed by atoms with E-state index in [-0.39, 0.29) is 36.6 Å². The van der Waals surface area contributed by atoms with Gasteiger partial charge in [0.05, 0.1) is 25.6 Å². The van der Waals surface area contributed by atoms with E-state index in [1.807, 2.05) is 26.0 Å². The Balaban J connectivity index is 1.86. The molecule has 2 unspecified atom stereocenters. The number of carbonyl (C=O) groups excluding carboxylic acids is 3. The predicted octanol–water partition coefficient (Wildman–Crippen LogP) is 6.85. The van der Waals surface area contributed by atoms with Crippen LogP contribution in [0.15, 0.2) is 30.3 Å². The summed E-state index contributed by atoms with van der Waals surface area (Å²) in [5.74, 6) is -0.526. The number of allylic oxidation sites excluding steroid dienone is 2. The number of fused-ring (bicyclic) bond motifs is 8. The normalized spacial score (nSPS) is 17.4. The number of H-pyrrole nitrogens is 2. The van der Waals surface area contributed by atoms with E-state index in [0.29, 0.717) is 19.3 Å². The molecule has 2 aliphatic heterocycles. The number of nitrogens with one attached hydrogen (secondary N) is 2. The SMILES string of the molecule is CCC1c2cc3[nH]c(cc4nc(cc5[nH]c(cc(n2)C1(C)CC(=O)N(C)C)cc5C)C(C)=C4CCC(=O)OC)c(CCC(=O)OC)c3C. The molecule has 0 saturated heterocycles.